The van der Waals surface area contributed by atoms with E-state index in [1.807, 2.05) is 11.3 Å². The Kier molecular flexibility index (Phi) is 5.18. The summed E-state index contributed by atoms with van der Waals surface area (Å²) in [7, 11) is 0. The Labute approximate surface area is 135 Å². The minimum absolute atomic E-state index is 0.435. The molecular weight excluding hydrogens is 332 g/mol. The molecule has 20 heavy (non-hydrogen) atoms. The molecule has 4 heteroatoms. The molecule has 1 aliphatic heterocycles. The predicted molar refractivity (Wildman–Crippen MR) is 90.6 cm³/mol. The Bertz CT molecular complexity index is 426. The maximum atomic E-state index is 3.88. The number of nitrogens with zero attached hydrogens (tertiary/aromatic N) is 1. The quantitative estimate of drug-likeness (QED) is 0.878. The molecule has 0 radical (unpaired) electrons. The SMILES string of the molecule is Brc1ccc(CCN2CCCNC3(CCCCC3)C2)s1. The van der Waals surface area contributed by atoms with E-state index in [0.717, 1.165) is 0 Å². The predicted octanol–water partition coefficient (Wildman–Crippen LogP) is 4.05. The van der Waals surface area contributed by atoms with E-state index in [2.05, 4.69) is 38.3 Å². The van der Waals surface area contributed by atoms with Crippen molar-refractivity contribution >= 4 is 27.3 Å². The van der Waals surface area contributed by atoms with Crippen molar-refractivity contribution < 1.29 is 0 Å². The minimum atomic E-state index is 0.435. The normalized spacial score (nSPS) is 23.9. The van der Waals surface area contributed by atoms with Crippen molar-refractivity contribution in [1.82, 2.24) is 10.2 Å². The highest BCUT2D eigenvalue weighted by molar-refractivity contribution is 9.11. The average Bonchev–Trinajstić information content (AvgIpc) is 2.77. The second-order valence-corrected chi connectivity index (χ2v) is 8.90. The van der Waals surface area contributed by atoms with Crippen molar-refractivity contribution in [2.45, 2.75) is 50.5 Å². The fraction of sp³-hybridized carbons (Fsp3) is 0.750. The smallest absolute Gasteiger partial charge is 0.0701 e. The molecule has 1 aromatic heterocycles. The number of thiophene rings is 1. The van der Waals surface area contributed by atoms with Crippen LogP contribution in [-0.4, -0.2) is 36.6 Å². The second-order valence-electron chi connectivity index (χ2n) is 6.35. The molecule has 0 aromatic carbocycles. The first-order valence-corrected chi connectivity index (χ1v) is 9.58. The second kappa shape index (κ2) is 6.91. The van der Waals surface area contributed by atoms with Crippen LogP contribution in [0, 0.1) is 0 Å². The van der Waals surface area contributed by atoms with Crippen molar-refractivity contribution in [3.05, 3.63) is 20.8 Å². The van der Waals surface area contributed by atoms with Crippen LogP contribution in [-0.2, 0) is 6.42 Å². The van der Waals surface area contributed by atoms with Crippen LogP contribution >= 0.6 is 27.3 Å². The summed E-state index contributed by atoms with van der Waals surface area (Å²) in [4.78, 5) is 4.21. The summed E-state index contributed by atoms with van der Waals surface area (Å²) in [6.45, 7) is 4.96. The molecule has 112 valence electrons. The van der Waals surface area contributed by atoms with Gasteiger partial charge in [-0.2, -0.15) is 0 Å². The van der Waals surface area contributed by atoms with Crippen molar-refractivity contribution in [2.75, 3.05) is 26.2 Å². The molecule has 2 fully saturated rings. The van der Waals surface area contributed by atoms with Gasteiger partial charge in [-0.05, 0) is 66.8 Å². The van der Waals surface area contributed by atoms with Crippen molar-refractivity contribution in [3.8, 4) is 0 Å². The van der Waals surface area contributed by atoms with Crippen LogP contribution < -0.4 is 5.32 Å². The molecule has 0 unspecified atom stereocenters. The first kappa shape index (κ1) is 15.0. The minimum Gasteiger partial charge on any atom is -0.310 e. The summed E-state index contributed by atoms with van der Waals surface area (Å²) in [5.41, 5.74) is 0.435. The Morgan fingerprint density at radius 3 is 2.80 bits per heavy atom. The van der Waals surface area contributed by atoms with E-state index >= 15 is 0 Å². The maximum Gasteiger partial charge on any atom is 0.0701 e. The zero-order chi connectivity index (χ0) is 13.8. The molecule has 0 bridgehead atoms. The van der Waals surface area contributed by atoms with Crippen molar-refractivity contribution in [1.29, 1.82) is 0 Å². The van der Waals surface area contributed by atoms with Gasteiger partial charge in [0.15, 0.2) is 0 Å². The van der Waals surface area contributed by atoms with Gasteiger partial charge in [-0.1, -0.05) is 19.3 Å². The molecule has 0 atom stereocenters. The van der Waals surface area contributed by atoms with Gasteiger partial charge >= 0.3 is 0 Å². The Balaban J connectivity index is 1.57. The summed E-state index contributed by atoms with van der Waals surface area (Å²) >= 11 is 5.45. The maximum absolute atomic E-state index is 3.88. The lowest BCUT2D eigenvalue weighted by Crippen LogP contribution is -2.52. The van der Waals surface area contributed by atoms with Gasteiger partial charge in [0.05, 0.1) is 3.79 Å². The summed E-state index contributed by atoms with van der Waals surface area (Å²) < 4.78 is 1.26. The monoisotopic (exact) mass is 356 g/mol. The summed E-state index contributed by atoms with van der Waals surface area (Å²) in [5.74, 6) is 0. The van der Waals surface area contributed by atoms with Crippen LogP contribution in [0.1, 0.15) is 43.4 Å². The number of hydrogen-bond donors (Lipinski definition) is 1. The van der Waals surface area contributed by atoms with Crippen LogP contribution in [0.15, 0.2) is 15.9 Å². The lowest BCUT2D eigenvalue weighted by molar-refractivity contribution is 0.165. The molecule has 1 aromatic rings. The van der Waals surface area contributed by atoms with E-state index in [9.17, 15) is 0 Å². The van der Waals surface area contributed by atoms with Gasteiger partial charge in [0, 0.05) is 23.5 Å². The van der Waals surface area contributed by atoms with E-state index in [1.165, 1.54) is 79.8 Å². The molecule has 1 aliphatic carbocycles. The molecule has 1 N–H and O–H groups in total. The van der Waals surface area contributed by atoms with Crippen LogP contribution in [0.3, 0.4) is 0 Å². The van der Waals surface area contributed by atoms with Gasteiger partial charge < -0.3 is 10.2 Å². The average molecular weight is 357 g/mol. The Morgan fingerprint density at radius 1 is 1.20 bits per heavy atom. The van der Waals surface area contributed by atoms with Gasteiger partial charge in [-0.15, -0.1) is 11.3 Å². The third-order valence-electron chi connectivity index (χ3n) is 4.79. The number of rotatable bonds is 3. The highest BCUT2D eigenvalue weighted by atomic mass is 79.9. The van der Waals surface area contributed by atoms with E-state index in [1.54, 1.807) is 0 Å². The first-order chi connectivity index (χ1) is 9.76. The van der Waals surface area contributed by atoms with Gasteiger partial charge in [0.2, 0.25) is 0 Å². The van der Waals surface area contributed by atoms with Crippen LogP contribution in [0.25, 0.3) is 0 Å². The summed E-state index contributed by atoms with van der Waals surface area (Å²) in [5, 5.41) is 3.88. The lowest BCUT2D eigenvalue weighted by Gasteiger charge is -2.40. The molecule has 2 nitrogen and oxygen atoms in total. The Morgan fingerprint density at radius 2 is 2.05 bits per heavy atom. The van der Waals surface area contributed by atoms with Crippen LogP contribution in [0.5, 0.6) is 0 Å². The topological polar surface area (TPSA) is 15.3 Å². The van der Waals surface area contributed by atoms with Crippen molar-refractivity contribution in [3.63, 3.8) is 0 Å². The molecule has 3 rings (SSSR count). The van der Waals surface area contributed by atoms with E-state index in [0.29, 0.717) is 5.54 Å². The molecular formula is C16H25BrN2S. The van der Waals surface area contributed by atoms with E-state index in [-0.39, 0.29) is 0 Å². The first-order valence-electron chi connectivity index (χ1n) is 7.97. The van der Waals surface area contributed by atoms with E-state index in [4.69, 9.17) is 0 Å². The fourth-order valence-corrected chi connectivity index (χ4v) is 5.20. The molecule has 1 saturated carbocycles. The fourth-order valence-electron chi connectivity index (χ4n) is 3.73. The number of nitrogens with one attached hydrogen (secondary N) is 1. The molecule has 0 amide bonds. The lowest BCUT2D eigenvalue weighted by atomic mass is 9.81. The highest BCUT2D eigenvalue weighted by Gasteiger charge is 2.34. The number of halogens is 1. The third-order valence-corrected chi connectivity index (χ3v) is 6.47. The zero-order valence-corrected chi connectivity index (χ0v) is 14.6. The van der Waals surface area contributed by atoms with Crippen LogP contribution in [0.2, 0.25) is 0 Å². The zero-order valence-electron chi connectivity index (χ0n) is 12.2. The molecule has 2 heterocycles. The number of hydrogen-bond acceptors (Lipinski definition) is 3. The van der Waals surface area contributed by atoms with Gasteiger partial charge in [-0.25, -0.2) is 0 Å². The standard InChI is InChI=1S/C16H25BrN2S/c17-15-6-5-14(20-15)7-12-19-11-4-10-18-16(13-19)8-2-1-3-9-16/h5-6,18H,1-4,7-13H2. The van der Waals surface area contributed by atoms with Crippen molar-refractivity contribution in [2.24, 2.45) is 0 Å². The van der Waals surface area contributed by atoms with Gasteiger partial charge in [0.1, 0.15) is 0 Å². The largest absolute Gasteiger partial charge is 0.310 e. The molecule has 1 saturated heterocycles. The molecule has 1 spiro atoms. The highest BCUT2D eigenvalue weighted by Crippen LogP contribution is 2.30. The van der Waals surface area contributed by atoms with Crippen LogP contribution in [0.4, 0.5) is 0 Å². The van der Waals surface area contributed by atoms with Gasteiger partial charge in [0.25, 0.3) is 0 Å². The Hall–Kier alpha value is 0.1000. The summed E-state index contributed by atoms with van der Waals surface area (Å²) in [6, 6.07) is 4.44. The van der Waals surface area contributed by atoms with E-state index < -0.39 is 0 Å². The third kappa shape index (κ3) is 3.85. The molecule has 2 aliphatic rings. The summed E-state index contributed by atoms with van der Waals surface area (Å²) in [6.07, 6.45) is 9.54. The van der Waals surface area contributed by atoms with Gasteiger partial charge in [-0.3, -0.25) is 0 Å².